The van der Waals surface area contributed by atoms with Crippen molar-refractivity contribution >= 4 is 21.6 Å². The first-order valence-corrected chi connectivity index (χ1v) is 6.16. The van der Waals surface area contributed by atoms with E-state index in [1.54, 1.807) is 12.1 Å². The SMILES string of the molecule is CCOCC(O)CNc1cc(Br)ccc1C#N. The Bertz CT molecular complexity index is 404. The van der Waals surface area contributed by atoms with E-state index in [4.69, 9.17) is 10.00 Å². The van der Waals surface area contributed by atoms with Gasteiger partial charge in [0, 0.05) is 17.6 Å². The molecule has 0 aliphatic heterocycles. The zero-order valence-corrected chi connectivity index (χ0v) is 11.2. The average Bonchev–Trinajstić information content (AvgIpc) is 2.34. The molecule has 1 rings (SSSR count). The molecular formula is C12H15BrN2O2. The van der Waals surface area contributed by atoms with Crippen molar-refractivity contribution in [3.63, 3.8) is 0 Å². The lowest BCUT2D eigenvalue weighted by molar-refractivity contribution is 0.0496. The molecule has 0 saturated heterocycles. The maximum absolute atomic E-state index is 9.59. The van der Waals surface area contributed by atoms with E-state index in [1.807, 2.05) is 13.0 Å². The molecule has 1 unspecified atom stereocenters. The van der Waals surface area contributed by atoms with Crippen LogP contribution in [-0.4, -0.2) is 31.0 Å². The van der Waals surface area contributed by atoms with Gasteiger partial charge in [-0.2, -0.15) is 5.26 Å². The van der Waals surface area contributed by atoms with Gasteiger partial charge >= 0.3 is 0 Å². The fraction of sp³-hybridized carbons (Fsp3) is 0.417. The Kier molecular flexibility index (Phi) is 5.98. The van der Waals surface area contributed by atoms with Gasteiger partial charge in [-0.05, 0) is 25.1 Å². The topological polar surface area (TPSA) is 65.3 Å². The Labute approximate surface area is 109 Å². The molecule has 0 spiro atoms. The summed E-state index contributed by atoms with van der Waals surface area (Å²) in [4.78, 5) is 0. The minimum atomic E-state index is -0.583. The molecule has 5 heteroatoms. The number of rotatable bonds is 6. The zero-order valence-electron chi connectivity index (χ0n) is 9.61. The van der Waals surface area contributed by atoms with Gasteiger partial charge in [0.1, 0.15) is 6.07 Å². The van der Waals surface area contributed by atoms with Crippen LogP contribution in [-0.2, 0) is 4.74 Å². The molecule has 0 amide bonds. The van der Waals surface area contributed by atoms with Gasteiger partial charge < -0.3 is 15.2 Å². The van der Waals surface area contributed by atoms with E-state index in [0.717, 1.165) is 4.47 Å². The number of halogens is 1. The smallest absolute Gasteiger partial charge is 0.101 e. The molecule has 17 heavy (non-hydrogen) atoms. The molecule has 0 aliphatic carbocycles. The minimum Gasteiger partial charge on any atom is -0.389 e. The van der Waals surface area contributed by atoms with E-state index in [1.165, 1.54) is 0 Å². The van der Waals surface area contributed by atoms with Crippen molar-refractivity contribution in [1.29, 1.82) is 5.26 Å². The summed E-state index contributed by atoms with van der Waals surface area (Å²) in [5, 5.41) is 21.5. The first-order valence-electron chi connectivity index (χ1n) is 5.36. The predicted molar refractivity (Wildman–Crippen MR) is 69.8 cm³/mol. The van der Waals surface area contributed by atoms with Gasteiger partial charge in [0.2, 0.25) is 0 Å². The summed E-state index contributed by atoms with van der Waals surface area (Å²) in [6, 6.07) is 7.43. The molecule has 1 aromatic carbocycles. The molecular weight excluding hydrogens is 284 g/mol. The summed E-state index contributed by atoms with van der Waals surface area (Å²) in [7, 11) is 0. The lowest BCUT2D eigenvalue weighted by atomic mass is 10.2. The van der Waals surface area contributed by atoms with Crippen LogP contribution < -0.4 is 5.32 Å². The van der Waals surface area contributed by atoms with Crippen molar-refractivity contribution < 1.29 is 9.84 Å². The summed E-state index contributed by atoms with van der Waals surface area (Å²) >= 11 is 3.34. The molecule has 0 bridgehead atoms. The number of hydrogen-bond donors (Lipinski definition) is 2. The van der Waals surface area contributed by atoms with Crippen molar-refractivity contribution in [2.45, 2.75) is 13.0 Å². The number of anilines is 1. The minimum absolute atomic E-state index is 0.291. The average molecular weight is 299 g/mol. The first kappa shape index (κ1) is 14.0. The van der Waals surface area contributed by atoms with E-state index >= 15 is 0 Å². The summed E-state index contributed by atoms with van der Waals surface area (Å²) in [6.07, 6.45) is -0.583. The van der Waals surface area contributed by atoms with Gasteiger partial charge in [0.25, 0.3) is 0 Å². The van der Waals surface area contributed by atoms with Crippen LogP contribution in [0, 0.1) is 11.3 Å². The Morgan fingerprint density at radius 3 is 3.00 bits per heavy atom. The number of aliphatic hydroxyl groups excluding tert-OH is 1. The van der Waals surface area contributed by atoms with Gasteiger partial charge in [0.15, 0.2) is 0 Å². The molecule has 0 fully saturated rings. The highest BCUT2D eigenvalue weighted by Gasteiger charge is 2.06. The molecule has 4 nitrogen and oxygen atoms in total. The van der Waals surface area contributed by atoms with Gasteiger partial charge in [-0.3, -0.25) is 0 Å². The van der Waals surface area contributed by atoms with Crippen LogP contribution in [0.25, 0.3) is 0 Å². The Morgan fingerprint density at radius 2 is 2.35 bits per heavy atom. The molecule has 0 heterocycles. The monoisotopic (exact) mass is 298 g/mol. The molecule has 2 N–H and O–H groups in total. The molecule has 0 aromatic heterocycles. The summed E-state index contributed by atoms with van der Waals surface area (Å²) in [5.41, 5.74) is 1.26. The maximum atomic E-state index is 9.59. The molecule has 1 atom stereocenters. The van der Waals surface area contributed by atoms with E-state index in [9.17, 15) is 5.11 Å². The second-order valence-electron chi connectivity index (χ2n) is 3.50. The van der Waals surface area contributed by atoms with Gasteiger partial charge in [-0.1, -0.05) is 15.9 Å². The zero-order chi connectivity index (χ0) is 12.7. The number of benzene rings is 1. The Hall–Kier alpha value is -1.09. The summed E-state index contributed by atoms with van der Waals surface area (Å²) in [5.74, 6) is 0. The Morgan fingerprint density at radius 1 is 1.59 bits per heavy atom. The van der Waals surface area contributed by atoms with Crippen LogP contribution in [0.4, 0.5) is 5.69 Å². The fourth-order valence-electron chi connectivity index (χ4n) is 1.30. The van der Waals surface area contributed by atoms with Gasteiger partial charge in [-0.25, -0.2) is 0 Å². The molecule has 0 aliphatic rings. The van der Waals surface area contributed by atoms with Gasteiger partial charge in [0.05, 0.1) is 24.0 Å². The molecule has 1 aromatic rings. The largest absolute Gasteiger partial charge is 0.389 e. The highest BCUT2D eigenvalue weighted by atomic mass is 79.9. The van der Waals surface area contributed by atoms with Crippen molar-refractivity contribution in [2.24, 2.45) is 0 Å². The number of nitrogens with one attached hydrogen (secondary N) is 1. The highest BCUT2D eigenvalue weighted by molar-refractivity contribution is 9.10. The maximum Gasteiger partial charge on any atom is 0.101 e. The third-order valence-corrected chi connectivity index (χ3v) is 2.64. The second-order valence-corrected chi connectivity index (χ2v) is 4.41. The summed E-state index contributed by atoms with van der Waals surface area (Å²) in [6.45, 7) is 3.10. The van der Waals surface area contributed by atoms with Crippen molar-refractivity contribution in [3.8, 4) is 6.07 Å². The van der Waals surface area contributed by atoms with Crippen LogP contribution in [0.3, 0.4) is 0 Å². The van der Waals surface area contributed by atoms with Crippen LogP contribution in [0.15, 0.2) is 22.7 Å². The summed E-state index contributed by atoms with van der Waals surface area (Å²) < 4.78 is 5.99. The van der Waals surface area contributed by atoms with E-state index < -0.39 is 6.10 Å². The number of nitriles is 1. The van der Waals surface area contributed by atoms with Gasteiger partial charge in [-0.15, -0.1) is 0 Å². The highest BCUT2D eigenvalue weighted by Crippen LogP contribution is 2.20. The van der Waals surface area contributed by atoms with Crippen LogP contribution in [0.1, 0.15) is 12.5 Å². The normalized spacial score (nSPS) is 11.9. The first-order chi connectivity index (χ1) is 8.17. The lowest BCUT2D eigenvalue weighted by Gasteiger charge is -2.13. The number of hydrogen-bond acceptors (Lipinski definition) is 4. The van der Waals surface area contributed by atoms with Crippen molar-refractivity contribution in [3.05, 3.63) is 28.2 Å². The third-order valence-electron chi connectivity index (χ3n) is 2.14. The van der Waals surface area contributed by atoms with E-state index in [-0.39, 0.29) is 0 Å². The van der Waals surface area contributed by atoms with Crippen molar-refractivity contribution in [1.82, 2.24) is 0 Å². The number of aliphatic hydroxyl groups is 1. The van der Waals surface area contributed by atoms with Crippen LogP contribution in [0.5, 0.6) is 0 Å². The molecule has 92 valence electrons. The molecule has 0 saturated carbocycles. The number of ether oxygens (including phenoxy) is 1. The second kappa shape index (κ2) is 7.28. The van der Waals surface area contributed by atoms with Crippen LogP contribution >= 0.6 is 15.9 Å². The van der Waals surface area contributed by atoms with Crippen molar-refractivity contribution in [2.75, 3.05) is 25.1 Å². The quantitative estimate of drug-likeness (QED) is 0.844. The Balaban J connectivity index is 2.56. The molecule has 0 radical (unpaired) electrons. The van der Waals surface area contributed by atoms with E-state index in [0.29, 0.717) is 31.0 Å². The predicted octanol–water partition coefficient (Wildman–Crippen LogP) is 2.13. The fourth-order valence-corrected chi connectivity index (χ4v) is 1.66. The van der Waals surface area contributed by atoms with Crippen LogP contribution in [0.2, 0.25) is 0 Å². The third kappa shape index (κ3) is 4.73. The number of nitrogens with zero attached hydrogens (tertiary/aromatic N) is 1. The van der Waals surface area contributed by atoms with E-state index in [2.05, 4.69) is 27.3 Å². The standard InChI is InChI=1S/C12H15BrN2O2/c1-2-17-8-11(16)7-15-12-5-10(13)4-3-9(12)6-14/h3-5,11,15-16H,2,7-8H2,1H3. The lowest BCUT2D eigenvalue weighted by Crippen LogP contribution is -2.25.